The first-order chi connectivity index (χ1) is 13.9. The number of rotatable bonds is 7. The van der Waals surface area contributed by atoms with Gasteiger partial charge < -0.3 is 34.8 Å². The van der Waals surface area contributed by atoms with E-state index in [0.29, 0.717) is 32.7 Å². The lowest BCUT2D eigenvalue weighted by molar-refractivity contribution is -0.135. The quantitative estimate of drug-likeness (QED) is 0.595. The Morgan fingerprint density at radius 2 is 1.83 bits per heavy atom. The molecule has 3 N–H and O–H groups in total. The molecule has 0 spiro atoms. The van der Waals surface area contributed by atoms with Crippen molar-refractivity contribution in [2.24, 2.45) is 0 Å². The van der Waals surface area contributed by atoms with E-state index in [9.17, 15) is 15.0 Å². The van der Waals surface area contributed by atoms with E-state index in [4.69, 9.17) is 9.47 Å². The van der Waals surface area contributed by atoms with Gasteiger partial charge in [0.05, 0.1) is 31.4 Å². The molecule has 0 unspecified atom stereocenters. The second-order valence-electron chi connectivity index (χ2n) is 8.00. The summed E-state index contributed by atoms with van der Waals surface area (Å²) in [5.41, 5.74) is 1.03. The van der Waals surface area contributed by atoms with Gasteiger partial charge in [0.15, 0.2) is 0 Å². The number of hydrogen-bond donors (Lipinski definition) is 3. The summed E-state index contributed by atoms with van der Waals surface area (Å²) in [5, 5.41) is 23.7. The second-order valence-corrected chi connectivity index (χ2v) is 8.00. The molecule has 0 bridgehead atoms. The van der Waals surface area contributed by atoms with Crippen LogP contribution < -0.4 is 15.0 Å². The molecule has 3 rings (SSSR count). The predicted octanol–water partition coefficient (Wildman–Crippen LogP) is 0.221. The van der Waals surface area contributed by atoms with Crippen molar-refractivity contribution < 1.29 is 24.5 Å². The summed E-state index contributed by atoms with van der Waals surface area (Å²) in [7, 11) is 1.66. The first kappa shape index (κ1) is 21.8. The number of benzene rings is 1. The van der Waals surface area contributed by atoms with E-state index >= 15 is 0 Å². The van der Waals surface area contributed by atoms with Crippen LogP contribution in [0.5, 0.6) is 5.75 Å². The summed E-state index contributed by atoms with van der Waals surface area (Å²) in [6, 6.07) is 8.12. The van der Waals surface area contributed by atoms with Crippen LogP contribution in [0.15, 0.2) is 24.3 Å². The first-order valence-corrected chi connectivity index (χ1v) is 10.3. The van der Waals surface area contributed by atoms with E-state index in [1.165, 1.54) is 0 Å². The van der Waals surface area contributed by atoms with Crippen LogP contribution >= 0.6 is 0 Å². The highest BCUT2D eigenvalue weighted by molar-refractivity contribution is 5.77. The van der Waals surface area contributed by atoms with Crippen LogP contribution in [0, 0.1) is 0 Å². The molecule has 8 nitrogen and oxygen atoms in total. The smallest absolute Gasteiger partial charge is 0.225 e. The molecule has 2 aliphatic rings. The van der Waals surface area contributed by atoms with E-state index in [1.54, 1.807) is 12.0 Å². The van der Waals surface area contributed by atoms with Gasteiger partial charge in [0.25, 0.3) is 0 Å². The third kappa shape index (κ3) is 5.19. The van der Waals surface area contributed by atoms with Crippen LogP contribution in [-0.2, 0) is 9.53 Å². The lowest BCUT2D eigenvalue weighted by Crippen LogP contribution is -2.50. The zero-order chi connectivity index (χ0) is 21.0. The maximum Gasteiger partial charge on any atom is 0.225 e. The molecule has 2 aliphatic heterocycles. The van der Waals surface area contributed by atoms with Gasteiger partial charge in [0.2, 0.25) is 5.91 Å². The lowest BCUT2D eigenvalue weighted by atomic mass is 10.0. The number of para-hydroxylation sites is 2. The first-order valence-electron chi connectivity index (χ1n) is 10.3. The second kappa shape index (κ2) is 9.75. The summed E-state index contributed by atoms with van der Waals surface area (Å²) in [6.07, 6.45) is -3.14. The van der Waals surface area contributed by atoms with Crippen molar-refractivity contribution in [2.45, 2.75) is 50.7 Å². The predicted molar refractivity (Wildman–Crippen MR) is 110 cm³/mol. The molecule has 4 atom stereocenters. The molecule has 0 aromatic heterocycles. The highest BCUT2D eigenvalue weighted by atomic mass is 16.5. The van der Waals surface area contributed by atoms with Crippen molar-refractivity contribution in [3.05, 3.63) is 24.3 Å². The van der Waals surface area contributed by atoms with Gasteiger partial charge >= 0.3 is 0 Å². The minimum Gasteiger partial charge on any atom is -0.495 e. The summed E-state index contributed by atoms with van der Waals surface area (Å²) in [5.74, 6) is 0.767. The Balaban J connectivity index is 1.51. The van der Waals surface area contributed by atoms with Crippen molar-refractivity contribution in [3.63, 3.8) is 0 Å². The molecule has 0 saturated carbocycles. The van der Waals surface area contributed by atoms with Crippen LogP contribution in [0.4, 0.5) is 5.69 Å². The molecular formula is C21H33N3O5. The van der Waals surface area contributed by atoms with Crippen LogP contribution in [0.25, 0.3) is 0 Å². The van der Waals surface area contributed by atoms with Gasteiger partial charge in [0.1, 0.15) is 18.0 Å². The fourth-order valence-electron chi connectivity index (χ4n) is 3.90. The highest BCUT2D eigenvalue weighted by Crippen LogP contribution is 2.29. The molecule has 29 heavy (non-hydrogen) atoms. The molecule has 1 amide bonds. The number of carbonyl (C=O) groups excluding carboxylic acids is 1. The molecule has 162 valence electrons. The monoisotopic (exact) mass is 407 g/mol. The summed E-state index contributed by atoms with van der Waals surface area (Å²) in [4.78, 5) is 16.7. The van der Waals surface area contributed by atoms with Crippen molar-refractivity contribution in [1.82, 2.24) is 10.2 Å². The van der Waals surface area contributed by atoms with Crippen molar-refractivity contribution in [3.8, 4) is 5.75 Å². The number of aliphatic hydroxyl groups excluding tert-OH is 2. The fraction of sp³-hybridized carbons (Fsp3) is 0.667. The molecule has 2 fully saturated rings. The standard InChI is InChI=1S/C21H33N3O5/c1-14(2)22-13-18-21(27)20(26)17(29-18)12-19(25)24-10-8-23(9-11-24)15-6-4-5-7-16(15)28-3/h4-7,14,17-18,20-22,26-27H,8-13H2,1-3H3/t17-,18+,20-,21+/m0/s1. The zero-order valence-electron chi connectivity index (χ0n) is 17.5. The minimum absolute atomic E-state index is 0.0570. The van der Waals surface area contributed by atoms with Gasteiger partial charge in [-0.1, -0.05) is 26.0 Å². The van der Waals surface area contributed by atoms with Gasteiger partial charge in [-0.05, 0) is 12.1 Å². The molecule has 0 aliphatic carbocycles. The Morgan fingerprint density at radius 1 is 1.17 bits per heavy atom. The highest BCUT2D eigenvalue weighted by Gasteiger charge is 2.43. The number of methoxy groups -OCH3 is 1. The third-order valence-electron chi connectivity index (χ3n) is 5.62. The van der Waals surface area contributed by atoms with Crippen LogP contribution in [0.2, 0.25) is 0 Å². The maximum atomic E-state index is 12.7. The molecule has 1 aromatic rings. The maximum absolute atomic E-state index is 12.7. The number of nitrogens with one attached hydrogen (secondary N) is 1. The number of aliphatic hydroxyl groups is 2. The average molecular weight is 408 g/mol. The number of amides is 1. The van der Waals surface area contributed by atoms with Gasteiger partial charge in [-0.25, -0.2) is 0 Å². The Labute approximate surface area is 172 Å². The SMILES string of the molecule is COc1ccccc1N1CCN(C(=O)C[C@@H]2O[C@H](CNC(C)C)[C@@H](O)[C@H]2O)CC1. The van der Waals surface area contributed by atoms with E-state index in [0.717, 1.165) is 11.4 Å². The minimum atomic E-state index is -1.05. The van der Waals surface area contributed by atoms with Crippen molar-refractivity contribution in [2.75, 3.05) is 44.7 Å². The van der Waals surface area contributed by atoms with Gasteiger partial charge in [0, 0.05) is 38.8 Å². The van der Waals surface area contributed by atoms with Gasteiger partial charge in [-0.2, -0.15) is 0 Å². The number of hydrogen-bond acceptors (Lipinski definition) is 7. The zero-order valence-corrected chi connectivity index (χ0v) is 17.5. The topological polar surface area (TPSA) is 94.5 Å². The summed E-state index contributed by atoms with van der Waals surface area (Å²) in [6.45, 7) is 7.07. The molecular weight excluding hydrogens is 374 g/mol. The number of nitrogens with zero attached hydrogens (tertiary/aromatic N) is 2. The van der Waals surface area contributed by atoms with E-state index in [-0.39, 0.29) is 18.4 Å². The molecule has 8 heteroatoms. The summed E-state index contributed by atoms with van der Waals surface area (Å²) < 4.78 is 11.2. The van der Waals surface area contributed by atoms with Crippen LogP contribution in [0.1, 0.15) is 20.3 Å². The lowest BCUT2D eigenvalue weighted by Gasteiger charge is -2.37. The Kier molecular flexibility index (Phi) is 7.34. The van der Waals surface area contributed by atoms with E-state index in [2.05, 4.69) is 10.2 Å². The van der Waals surface area contributed by atoms with Gasteiger partial charge in [-0.3, -0.25) is 4.79 Å². The molecule has 1 aromatic carbocycles. The van der Waals surface area contributed by atoms with E-state index < -0.39 is 24.4 Å². The average Bonchev–Trinajstić information content (AvgIpc) is 3.00. The van der Waals surface area contributed by atoms with Gasteiger partial charge in [-0.15, -0.1) is 0 Å². The van der Waals surface area contributed by atoms with Crippen LogP contribution in [0.3, 0.4) is 0 Å². The number of anilines is 1. The third-order valence-corrected chi connectivity index (χ3v) is 5.62. The van der Waals surface area contributed by atoms with Crippen molar-refractivity contribution >= 4 is 11.6 Å². The number of ether oxygens (including phenoxy) is 2. The number of carbonyl (C=O) groups is 1. The Hall–Kier alpha value is -1.87. The normalized spacial score (nSPS) is 27.5. The summed E-state index contributed by atoms with van der Waals surface area (Å²) >= 11 is 0. The van der Waals surface area contributed by atoms with Crippen molar-refractivity contribution in [1.29, 1.82) is 0 Å². The van der Waals surface area contributed by atoms with E-state index in [1.807, 2.05) is 38.1 Å². The molecule has 2 saturated heterocycles. The Morgan fingerprint density at radius 3 is 2.48 bits per heavy atom. The molecule has 0 radical (unpaired) electrons. The van der Waals surface area contributed by atoms with Crippen LogP contribution in [-0.4, -0.2) is 91.3 Å². The Bertz CT molecular complexity index is 678. The largest absolute Gasteiger partial charge is 0.495 e. The molecule has 2 heterocycles. The number of piperazine rings is 1. The fourth-order valence-corrected chi connectivity index (χ4v) is 3.90.